The van der Waals surface area contributed by atoms with Crippen molar-refractivity contribution in [3.05, 3.63) is 127 Å². The van der Waals surface area contributed by atoms with E-state index in [1.165, 1.54) is 17.3 Å². The van der Waals surface area contributed by atoms with E-state index >= 15 is 0 Å². The standard InChI is InChI=1S/C36H45ClO6S/c1-7-17-39-25-32-33(41-19-9-3)34(42-20-10-4)35(43-21-11-5)36(38,44-32)29-23-28(30(37)24-31(29)40-18-8-2)22-27-15-13-26(12-6)14-16-27/h7-11,13-16,23-24,32-35,38H,1-5,12,17-22,25H2,6H3/t32-,33-,34+,35-,36?/m1/s1. The molecule has 1 aliphatic rings. The second-order valence-electron chi connectivity index (χ2n) is 10.3. The first-order valence-corrected chi connectivity index (χ1v) is 16.0. The molecule has 2 aromatic carbocycles. The van der Waals surface area contributed by atoms with E-state index in [0.29, 0.717) is 29.4 Å². The summed E-state index contributed by atoms with van der Waals surface area (Å²) in [5.41, 5.74) is 3.69. The maximum atomic E-state index is 12.9. The lowest BCUT2D eigenvalue weighted by Gasteiger charge is -2.50. The number of rotatable bonds is 20. The SMILES string of the molecule is C=CCOC[C@H]1SC(O)(c2cc(Cc3ccc(CC)cc3)c(Cl)cc2OCC=C)[C@H](OCC=C)[C@@H](OCC=C)[C@@H]1OCC=C. The van der Waals surface area contributed by atoms with Gasteiger partial charge in [0.25, 0.3) is 0 Å². The van der Waals surface area contributed by atoms with Gasteiger partial charge in [0.2, 0.25) is 0 Å². The minimum absolute atomic E-state index is 0.167. The smallest absolute Gasteiger partial charge is 0.168 e. The largest absolute Gasteiger partial charge is 0.489 e. The predicted octanol–water partition coefficient (Wildman–Crippen LogP) is 7.23. The number of benzene rings is 2. The molecule has 0 amide bonds. The lowest BCUT2D eigenvalue weighted by molar-refractivity contribution is -0.180. The first-order chi connectivity index (χ1) is 21.4. The first kappa shape index (κ1) is 35.9. The van der Waals surface area contributed by atoms with Gasteiger partial charge in [-0.3, -0.25) is 0 Å². The van der Waals surface area contributed by atoms with Crippen LogP contribution in [0, 0.1) is 0 Å². The molecule has 1 fully saturated rings. The zero-order chi connectivity index (χ0) is 32.0. The van der Waals surface area contributed by atoms with Gasteiger partial charge in [-0.25, -0.2) is 0 Å². The number of aliphatic hydroxyl groups is 1. The zero-order valence-electron chi connectivity index (χ0n) is 25.6. The van der Waals surface area contributed by atoms with Crippen molar-refractivity contribution in [1.29, 1.82) is 0 Å². The molecule has 44 heavy (non-hydrogen) atoms. The van der Waals surface area contributed by atoms with Gasteiger partial charge >= 0.3 is 0 Å². The molecule has 0 aromatic heterocycles. The van der Waals surface area contributed by atoms with Gasteiger partial charge in [-0.05, 0) is 41.7 Å². The third-order valence-corrected chi connectivity index (χ3v) is 9.02. The Hall–Kier alpha value is -2.62. The van der Waals surface area contributed by atoms with Crippen LogP contribution in [0.15, 0.2) is 99.7 Å². The average molecular weight is 641 g/mol. The summed E-state index contributed by atoms with van der Waals surface area (Å²) >= 11 is 8.14. The third-order valence-electron chi connectivity index (χ3n) is 7.15. The Morgan fingerprint density at radius 2 is 1.41 bits per heavy atom. The summed E-state index contributed by atoms with van der Waals surface area (Å²) in [7, 11) is 0. The number of aryl methyl sites for hydroxylation is 1. The lowest BCUT2D eigenvalue weighted by Crippen LogP contribution is -2.61. The summed E-state index contributed by atoms with van der Waals surface area (Å²) in [6.45, 7) is 22.6. The van der Waals surface area contributed by atoms with Crippen LogP contribution in [-0.4, -0.2) is 68.3 Å². The van der Waals surface area contributed by atoms with Gasteiger partial charge in [-0.2, -0.15) is 0 Å². The van der Waals surface area contributed by atoms with Crippen LogP contribution in [-0.2, 0) is 36.7 Å². The molecule has 0 radical (unpaired) electrons. The molecular weight excluding hydrogens is 596 g/mol. The minimum Gasteiger partial charge on any atom is -0.489 e. The van der Waals surface area contributed by atoms with Crippen LogP contribution in [0.4, 0.5) is 0 Å². The van der Waals surface area contributed by atoms with E-state index in [2.05, 4.69) is 64.1 Å². The van der Waals surface area contributed by atoms with Crippen molar-refractivity contribution in [2.75, 3.05) is 39.6 Å². The molecule has 5 atom stereocenters. The van der Waals surface area contributed by atoms with Gasteiger partial charge in [-0.1, -0.05) is 79.7 Å². The Morgan fingerprint density at radius 1 is 0.818 bits per heavy atom. The molecule has 6 nitrogen and oxygen atoms in total. The highest BCUT2D eigenvalue weighted by molar-refractivity contribution is 8.00. The first-order valence-electron chi connectivity index (χ1n) is 14.8. The van der Waals surface area contributed by atoms with Crippen molar-refractivity contribution in [3.8, 4) is 5.75 Å². The van der Waals surface area contributed by atoms with Crippen LogP contribution in [0.5, 0.6) is 5.75 Å². The van der Waals surface area contributed by atoms with E-state index in [9.17, 15) is 5.11 Å². The van der Waals surface area contributed by atoms with Crippen molar-refractivity contribution in [2.24, 2.45) is 0 Å². The topological polar surface area (TPSA) is 66.4 Å². The number of halogens is 1. The van der Waals surface area contributed by atoms with Crippen LogP contribution in [0.3, 0.4) is 0 Å². The molecule has 1 unspecified atom stereocenters. The second-order valence-corrected chi connectivity index (χ2v) is 12.2. The van der Waals surface area contributed by atoms with Gasteiger partial charge < -0.3 is 28.8 Å². The van der Waals surface area contributed by atoms with E-state index < -0.39 is 23.2 Å². The summed E-state index contributed by atoms with van der Waals surface area (Å²) in [5, 5.41) is 13.1. The monoisotopic (exact) mass is 640 g/mol. The van der Waals surface area contributed by atoms with E-state index in [0.717, 1.165) is 17.5 Å². The molecule has 1 N–H and O–H groups in total. The number of thioether (sulfide) groups is 1. The number of hydrogen-bond donors (Lipinski definition) is 1. The van der Waals surface area contributed by atoms with Crippen LogP contribution in [0.25, 0.3) is 0 Å². The summed E-state index contributed by atoms with van der Waals surface area (Å²) < 4.78 is 31.0. The summed E-state index contributed by atoms with van der Waals surface area (Å²) in [4.78, 5) is -1.67. The normalized spacial score (nSPS) is 23.1. The van der Waals surface area contributed by atoms with Crippen molar-refractivity contribution in [2.45, 2.75) is 48.3 Å². The molecule has 3 rings (SSSR count). The highest BCUT2D eigenvalue weighted by atomic mass is 35.5. The van der Waals surface area contributed by atoms with Crippen LogP contribution >= 0.6 is 23.4 Å². The molecule has 0 aliphatic carbocycles. The fourth-order valence-corrected chi connectivity index (χ4v) is 6.94. The summed E-state index contributed by atoms with van der Waals surface area (Å²) in [5.74, 6) is 0.417. The van der Waals surface area contributed by atoms with Crippen molar-refractivity contribution in [3.63, 3.8) is 0 Å². The maximum absolute atomic E-state index is 12.9. The van der Waals surface area contributed by atoms with Gasteiger partial charge in [0.15, 0.2) is 4.93 Å². The molecule has 0 saturated carbocycles. The Balaban J connectivity index is 2.20. The fraction of sp³-hybridized carbons (Fsp3) is 0.389. The summed E-state index contributed by atoms with van der Waals surface area (Å²) in [6.07, 6.45) is 7.68. The molecule has 1 aliphatic heterocycles. The second kappa shape index (κ2) is 18.4. The van der Waals surface area contributed by atoms with Crippen molar-refractivity contribution in [1.82, 2.24) is 0 Å². The van der Waals surface area contributed by atoms with Gasteiger partial charge in [0.05, 0.1) is 38.3 Å². The quantitative estimate of drug-likeness (QED) is 0.121. The van der Waals surface area contributed by atoms with Crippen molar-refractivity contribution >= 4 is 23.4 Å². The molecule has 0 spiro atoms. The fourth-order valence-electron chi connectivity index (χ4n) is 5.10. The number of ether oxygens (including phenoxy) is 5. The van der Waals surface area contributed by atoms with E-state index in [-0.39, 0.29) is 38.3 Å². The molecular formula is C36H45ClO6S. The molecule has 8 heteroatoms. The zero-order valence-corrected chi connectivity index (χ0v) is 27.2. The minimum atomic E-state index is -1.67. The molecule has 2 aromatic rings. The Labute approximate surface area is 272 Å². The third kappa shape index (κ3) is 9.21. The van der Waals surface area contributed by atoms with Crippen LogP contribution in [0.2, 0.25) is 5.02 Å². The van der Waals surface area contributed by atoms with Gasteiger partial charge in [-0.15, -0.1) is 38.1 Å². The van der Waals surface area contributed by atoms with Gasteiger partial charge in [0, 0.05) is 10.6 Å². The average Bonchev–Trinajstić information content (AvgIpc) is 3.03. The Morgan fingerprint density at radius 3 is 2.02 bits per heavy atom. The Bertz CT molecular complexity index is 1250. The van der Waals surface area contributed by atoms with E-state index in [4.69, 9.17) is 35.3 Å². The number of hydrogen-bond acceptors (Lipinski definition) is 7. The van der Waals surface area contributed by atoms with Crippen LogP contribution in [0.1, 0.15) is 29.2 Å². The highest BCUT2D eigenvalue weighted by Crippen LogP contribution is 2.53. The van der Waals surface area contributed by atoms with Gasteiger partial charge in [0.1, 0.15) is 30.7 Å². The molecule has 0 bridgehead atoms. The lowest BCUT2D eigenvalue weighted by atomic mass is 9.91. The van der Waals surface area contributed by atoms with E-state index in [1.54, 1.807) is 36.4 Å². The Kier molecular flexibility index (Phi) is 15.0. The van der Waals surface area contributed by atoms with E-state index in [1.807, 2.05) is 6.07 Å². The van der Waals surface area contributed by atoms with Crippen molar-refractivity contribution < 1.29 is 28.8 Å². The predicted molar refractivity (Wildman–Crippen MR) is 182 cm³/mol. The molecule has 1 heterocycles. The summed E-state index contributed by atoms with van der Waals surface area (Å²) in [6, 6.07) is 12.1. The highest BCUT2D eigenvalue weighted by Gasteiger charge is 2.57. The molecule has 1 saturated heterocycles. The maximum Gasteiger partial charge on any atom is 0.168 e. The molecule has 238 valence electrons. The van der Waals surface area contributed by atoms with Crippen LogP contribution < -0.4 is 4.74 Å².